The van der Waals surface area contributed by atoms with Crippen LogP contribution in [-0.2, 0) is 11.2 Å². The Hall–Kier alpha value is -0.550. The number of nitrogens with one attached hydrogen (secondary N) is 1. The predicted octanol–water partition coefficient (Wildman–Crippen LogP) is 3.43. The fraction of sp³-hybridized carbons (Fsp3) is 0.462. The molecule has 1 aromatic carbocycles. The fourth-order valence-electron chi connectivity index (χ4n) is 2.38. The zero-order chi connectivity index (χ0) is 13.3. The molecule has 1 aliphatic rings. The lowest BCUT2D eigenvalue weighted by Gasteiger charge is -2.25. The maximum Gasteiger partial charge on any atom is 0.220 e. The van der Waals surface area contributed by atoms with Crippen LogP contribution in [0.2, 0.25) is 0 Å². The zero-order valence-electron chi connectivity index (χ0n) is 10.3. The molecule has 0 bridgehead atoms. The smallest absolute Gasteiger partial charge is 0.220 e. The molecule has 0 saturated carbocycles. The molecular formula is C13H15Br2NO2. The fourth-order valence-corrected chi connectivity index (χ4v) is 3.85. The minimum Gasteiger partial charge on any atom is -0.495 e. The van der Waals surface area contributed by atoms with Gasteiger partial charge in [0.25, 0.3) is 0 Å². The second kappa shape index (κ2) is 5.21. The van der Waals surface area contributed by atoms with Crippen molar-refractivity contribution in [1.82, 2.24) is 5.32 Å². The van der Waals surface area contributed by atoms with Crippen LogP contribution in [0.5, 0.6) is 5.75 Å². The normalized spacial score (nSPS) is 23.0. The van der Waals surface area contributed by atoms with E-state index in [1.165, 1.54) is 0 Å². The average molecular weight is 377 g/mol. The van der Waals surface area contributed by atoms with Gasteiger partial charge in [-0.2, -0.15) is 0 Å². The van der Waals surface area contributed by atoms with Crippen LogP contribution in [0.25, 0.3) is 0 Å². The monoisotopic (exact) mass is 375 g/mol. The Bertz CT molecular complexity index is 490. The van der Waals surface area contributed by atoms with Crippen molar-refractivity contribution in [1.29, 1.82) is 0 Å². The van der Waals surface area contributed by atoms with E-state index in [9.17, 15) is 4.79 Å². The molecule has 98 valence electrons. The molecule has 1 aliphatic heterocycles. The number of benzene rings is 1. The van der Waals surface area contributed by atoms with Gasteiger partial charge in [0.05, 0.1) is 11.6 Å². The van der Waals surface area contributed by atoms with Crippen LogP contribution < -0.4 is 10.1 Å². The van der Waals surface area contributed by atoms with Crippen molar-refractivity contribution >= 4 is 37.8 Å². The molecule has 0 aliphatic carbocycles. The molecular weight excluding hydrogens is 362 g/mol. The van der Waals surface area contributed by atoms with Gasteiger partial charge in [0.15, 0.2) is 0 Å². The molecule has 0 spiro atoms. The summed E-state index contributed by atoms with van der Waals surface area (Å²) in [7, 11) is 1.66. The lowest BCUT2D eigenvalue weighted by atomic mass is 9.91. The molecule has 1 saturated heterocycles. The van der Waals surface area contributed by atoms with Gasteiger partial charge in [0, 0.05) is 16.4 Å². The molecule has 1 aromatic rings. The van der Waals surface area contributed by atoms with E-state index in [2.05, 4.69) is 44.1 Å². The van der Waals surface area contributed by atoms with E-state index >= 15 is 0 Å². The van der Waals surface area contributed by atoms with Crippen molar-refractivity contribution in [3.63, 3.8) is 0 Å². The van der Waals surface area contributed by atoms with E-state index in [0.29, 0.717) is 6.42 Å². The number of halogens is 2. The lowest BCUT2D eigenvalue weighted by Crippen LogP contribution is -2.40. The molecule has 0 radical (unpaired) electrons. The van der Waals surface area contributed by atoms with Gasteiger partial charge in [-0.15, -0.1) is 0 Å². The third kappa shape index (κ3) is 2.88. The number of amides is 1. The summed E-state index contributed by atoms with van der Waals surface area (Å²) in [4.78, 5) is 11.4. The molecule has 2 rings (SSSR count). The quantitative estimate of drug-likeness (QED) is 0.877. The molecule has 3 nitrogen and oxygen atoms in total. The van der Waals surface area contributed by atoms with Crippen molar-refractivity contribution < 1.29 is 9.53 Å². The van der Waals surface area contributed by atoms with Crippen LogP contribution in [0.1, 0.15) is 25.3 Å². The van der Waals surface area contributed by atoms with Crippen molar-refractivity contribution in [2.45, 2.75) is 31.7 Å². The second-order valence-electron chi connectivity index (χ2n) is 4.87. The minimum absolute atomic E-state index is 0.130. The first-order chi connectivity index (χ1) is 8.43. The third-order valence-electron chi connectivity index (χ3n) is 3.22. The number of carbonyl (C=O) groups excluding carboxylic acids is 1. The molecule has 1 N–H and O–H groups in total. The second-order valence-corrected chi connectivity index (χ2v) is 6.64. The maximum atomic E-state index is 11.4. The number of hydrogen-bond acceptors (Lipinski definition) is 2. The Morgan fingerprint density at radius 3 is 2.72 bits per heavy atom. The maximum absolute atomic E-state index is 11.4. The summed E-state index contributed by atoms with van der Waals surface area (Å²) in [5.41, 5.74) is 0.911. The average Bonchev–Trinajstić information content (AvgIpc) is 2.57. The number of carbonyl (C=O) groups is 1. The van der Waals surface area contributed by atoms with Gasteiger partial charge in [-0.25, -0.2) is 0 Å². The molecule has 1 fully saturated rings. The summed E-state index contributed by atoms with van der Waals surface area (Å²) in [5.74, 6) is 0.964. The van der Waals surface area contributed by atoms with E-state index in [-0.39, 0.29) is 11.4 Å². The lowest BCUT2D eigenvalue weighted by molar-refractivity contribution is -0.119. The molecule has 5 heteroatoms. The number of hydrogen-bond donors (Lipinski definition) is 1. The number of ether oxygens (including phenoxy) is 1. The Labute approximate surface area is 124 Å². The highest BCUT2D eigenvalue weighted by atomic mass is 79.9. The zero-order valence-corrected chi connectivity index (χ0v) is 13.5. The number of rotatable bonds is 3. The van der Waals surface area contributed by atoms with Crippen LogP contribution >= 0.6 is 31.9 Å². The van der Waals surface area contributed by atoms with Crippen molar-refractivity contribution in [3.05, 3.63) is 26.6 Å². The highest BCUT2D eigenvalue weighted by Crippen LogP contribution is 2.36. The molecule has 1 heterocycles. The van der Waals surface area contributed by atoms with Crippen molar-refractivity contribution in [3.8, 4) is 5.75 Å². The van der Waals surface area contributed by atoms with Crippen LogP contribution in [0.15, 0.2) is 21.1 Å². The van der Waals surface area contributed by atoms with E-state index in [1.54, 1.807) is 7.11 Å². The van der Waals surface area contributed by atoms with Gasteiger partial charge in [-0.05, 0) is 53.4 Å². The van der Waals surface area contributed by atoms with Gasteiger partial charge in [0.1, 0.15) is 5.75 Å². The highest BCUT2D eigenvalue weighted by Gasteiger charge is 2.34. The minimum atomic E-state index is -0.176. The third-order valence-corrected chi connectivity index (χ3v) is 4.26. The largest absolute Gasteiger partial charge is 0.495 e. The SMILES string of the molecule is COc1c(Br)cc(Br)cc1CC1(C)CCC(=O)N1. The summed E-state index contributed by atoms with van der Waals surface area (Å²) >= 11 is 6.98. The van der Waals surface area contributed by atoms with Crippen molar-refractivity contribution in [2.75, 3.05) is 7.11 Å². The van der Waals surface area contributed by atoms with Crippen LogP contribution in [0.3, 0.4) is 0 Å². The molecule has 18 heavy (non-hydrogen) atoms. The summed E-state index contributed by atoms with van der Waals surface area (Å²) in [6.45, 7) is 2.08. The predicted molar refractivity (Wildman–Crippen MR) is 77.9 cm³/mol. The highest BCUT2D eigenvalue weighted by molar-refractivity contribution is 9.11. The molecule has 1 atom stereocenters. The number of methoxy groups -OCH3 is 1. The molecule has 1 unspecified atom stereocenters. The first-order valence-corrected chi connectivity index (χ1v) is 7.35. The van der Waals surface area contributed by atoms with Crippen LogP contribution in [0.4, 0.5) is 0 Å². The first-order valence-electron chi connectivity index (χ1n) is 5.76. The van der Waals surface area contributed by atoms with E-state index in [0.717, 1.165) is 33.1 Å². The molecule has 0 aromatic heterocycles. The van der Waals surface area contributed by atoms with Gasteiger partial charge in [-0.3, -0.25) is 4.79 Å². The Morgan fingerprint density at radius 1 is 1.44 bits per heavy atom. The summed E-state index contributed by atoms with van der Waals surface area (Å²) < 4.78 is 7.35. The van der Waals surface area contributed by atoms with E-state index in [1.807, 2.05) is 12.1 Å². The Morgan fingerprint density at radius 2 is 2.17 bits per heavy atom. The van der Waals surface area contributed by atoms with Gasteiger partial charge >= 0.3 is 0 Å². The topological polar surface area (TPSA) is 38.3 Å². The standard InChI is InChI=1S/C13H15Br2NO2/c1-13(4-3-11(17)16-13)7-8-5-9(14)6-10(15)12(8)18-2/h5-6H,3-4,7H2,1-2H3,(H,16,17). The van der Waals surface area contributed by atoms with Crippen LogP contribution in [-0.4, -0.2) is 18.6 Å². The Kier molecular flexibility index (Phi) is 4.02. The van der Waals surface area contributed by atoms with Crippen LogP contribution in [0, 0.1) is 0 Å². The summed E-state index contributed by atoms with van der Waals surface area (Å²) in [5, 5.41) is 3.04. The van der Waals surface area contributed by atoms with E-state index in [4.69, 9.17) is 4.74 Å². The van der Waals surface area contributed by atoms with Gasteiger partial charge < -0.3 is 10.1 Å². The van der Waals surface area contributed by atoms with Gasteiger partial charge in [-0.1, -0.05) is 15.9 Å². The van der Waals surface area contributed by atoms with E-state index < -0.39 is 0 Å². The molecule has 1 amide bonds. The van der Waals surface area contributed by atoms with Gasteiger partial charge in [0.2, 0.25) is 5.91 Å². The summed E-state index contributed by atoms with van der Waals surface area (Å²) in [6, 6.07) is 4.00. The first kappa shape index (κ1) is 13.9. The summed E-state index contributed by atoms with van der Waals surface area (Å²) in [6.07, 6.45) is 2.23. The van der Waals surface area contributed by atoms with Crippen molar-refractivity contribution in [2.24, 2.45) is 0 Å². The Balaban J connectivity index is 2.31.